The summed E-state index contributed by atoms with van der Waals surface area (Å²) in [6, 6.07) is 1.34. The van der Waals surface area contributed by atoms with E-state index in [4.69, 9.17) is 21.4 Å². The number of hydrogen-bond donors (Lipinski definition) is 0. The third-order valence-corrected chi connectivity index (χ3v) is 7.36. The molecule has 0 unspecified atom stereocenters. The number of rotatable bonds is 5. The van der Waals surface area contributed by atoms with Crippen LogP contribution in [0.25, 0.3) is 71.6 Å². The summed E-state index contributed by atoms with van der Waals surface area (Å²) in [5.74, 6) is 0.769. The molecule has 1 heterocycles. The fourth-order valence-corrected chi connectivity index (χ4v) is 5.49. The summed E-state index contributed by atoms with van der Waals surface area (Å²) in [5, 5.41) is -1.85. The Morgan fingerprint density at radius 1 is 0.558 bits per heavy atom. The first kappa shape index (κ1) is 13.2. The lowest BCUT2D eigenvalue weighted by Gasteiger charge is -2.19. The molecule has 0 saturated heterocycles. The standard InChI is InChI=1S/C41H30N2/c1-2-39-42-37-19-11-12-20-38(37)43(39)32-24-21-28(22-25-32)31-23-26-35-36(27-31)41(30-15-7-4-8-16-30)34-18-10-9-17-33(34)40(35)29-13-5-3-6-14-29/h3-27H,2H2,1H3/i3D,4D,5D,6D,7D,8D,9D,10D,13D,14D,15D,16D,17D,18D,23D,26D,27D. The fourth-order valence-electron chi connectivity index (χ4n) is 5.49. The van der Waals surface area contributed by atoms with Gasteiger partial charge in [-0.05, 0) is 85.2 Å². The molecule has 0 atom stereocenters. The fraction of sp³-hybridized carbons (Fsp3) is 0.0488. The van der Waals surface area contributed by atoms with Crippen LogP contribution in [0, 0.1) is 0 Å². The van der Waals surface area contributed by atoms with Crippen molar-refractivity contribution in [2.75, 3.05) is 0 Å². The highest BCUT2D eigenvalue weighted by Gasteiger charge is 2.17. The van der Waals surface area contributed by atoms with Gasteiger partial charge in [0.15, 0.2) is 0 Å². The van der Waals surface area contributed by atoms with E-state index in [0.29, 0.717) is 12.1 Å². The molecule has 0 spiro atoms. The Kier molecular flexibility index (Phi) is 3.21. The maximum atomic E-state index is 9.88. The van der Waals surface area contributed by atoms with Gasteiger partial charge in [-0.3, -0.25) is 4.57 Å². The van der Waals surface area contributed by atoms with Crippen LogP contribution in [0.3, 0.4) is 0 Å². The lowest BCUT2D eigenvalue weighted by atomic mass is 9.85. The van der Waals surface area contributed by atoms with Gasteiger partial charge in [-0.15, -0.1) is 0 Å². The smallest absolute Gasteiger partial charge is 0.114 e. The van der Waals surface area contributed by atoms with Gasteiger partial charge in [0, 0.05) is 12.1 Å². The number of imidazole rings is 1. The van der Waals surface area contributed by atoms with E-state index >= 15 is 0 Å². The van der Waals surface area contributed by atoms with E-state index in [2.05, 4.69) is 0 Å². The van der Waals surface area contributed by atoms with Gasteiger partial charge >= 0.3 is 0 Å². The van der Waals surface area contributed by atoms with Crippen molar-refractivity contribution in [3.63, 3.8) is 0 Å². The Balaban J connectivity index is 1.62. The van der Waals surface area contributed by atoms with Gasteiger partial charge < -0.3 is 0 Å². The molecule has 0 amide bonds. The topological polar surface area (TPSA) is 17.8 Å². The highest BCUT2D eigenvalue weighted by molar-refractivity contribution is 6.21. The Labute approximate surface area is 275 Å². The van der Waals surface area contributed by atoms with Crippen LogP contribution >= 0.6 is 0 Å². The van der Waals surface area contributed by atoms with E-state index < -0.39 is 147 Å². The minimum absolute atomic E-state index is 0.161. The molecular weight excluding hydrogens is 520 g/mol. The summed E-state index contributed by atoms with van der Waals surface area (Å²) >= 11 is 0. The Hall–Kier alpha value is -5.47. The molecule has 0 fully saturated rings. The molecule has 0 aliphatic rings. The average molecular weight is 568 g/mol. The van der Waals surface area contributed by atoms with E-state index in [0.717, 1.165) is 16.9 Å². The number of aromatic nitrogens is 2. The number of hydrogen-bond acceptors (Lipinski definition) is 1. The third-order valence-electron chi connectivity index (χ3n) is 7.36. The molecule has 7 aromatic carbocycles. The summed E-state index contributed by atoms with van der Waals surface area (Å²) in [6.45, 7) is 1.96. The van der Waals surface area contributed by atoms with E-state index in [9.17, 15) is 6.85 Å². The predicted octanol–water partition coefficient (Wildman–Crippen LogP) is 10.9. The van der Waals surface area contributed by atoms with E-state index in [1.807, 2.05) is 35.8 Å². The van der Waals surface area contributed by atoms with Gasteiger partial charge in [0.25, 0.3) is 0 Å². The van der Waals surface area contributed by atoms with Gasteiger partial charge in [0.1, 0.15) is 5.82 Å². The van der Waals surface area contributed by atoms with Gasteiger partial charge in [-0.2, -0.15) is 0 Å². The van der Waals surface area contributed by atoms with Crippen LogP contribution in [0.5, 0.6) is 0 Å². The second-order valence-electron chi connectivity index (χ2n) is 9.75. The van der Waals surface area contributed by atoms with Crippen molar-refractivity contribution in [3.8, 4) is 39.1 Å². The molecular formula is C41H30N2. The highest BCUT2D eigenvalue weighted by atomic mass is 15.1. The Morgan fingerprint density at radius 2 is 1.14 bits per heavy atom. The summed E-state index contributed by atoms with van der Waals surface area (Å²) in [4.78, 5) is 4.74. The molecule has 204 valence electrons. The number of fused-ring (bicyclic) bond motifs is 3. The maximum Gasteiger partial charge on any atom is 0.114 e. The van der Waals surface area contributed by atoms with Crippen LogP contribution in [0.15, 0.2) is 151 Å². The molecule has 0 aliphatic carbocycles. The van der Waals surface area contributed by atoms with Gasteiger partial charge in [-0.1, -0.05) is 128 Å². The van der Waals surface area contributed by atoms with E-state index in [1.165, 1.54) is 0 Å². The SMILES string of the molecule is [2H]c1c([2H])c([2H])c(-c2c3c([2H])c([2H])c([2H])c([2H])c3c(-c3c([2H])c([2H])c([2H])c([2H])c3[2H])c3c([2H])c(-c4ccc(-n5c(CC)nc6ccccc65)cc4)c([2H])c([2H])c23)c([2H])c1[2H]. The first-order chi connectivity index (χ1) is 28.4. The van der Waals surface area contributed by atoms with Crippen LogP contribution in [-0.4, -0.2) is 9.55 Å². The van der Waals surface area contributed by atoms with E-state index in [1.54, 1.807) is 24.3 Å². The lowest BCUT2D eigenvalue weighted by Crippen LogP contribution is -1.99. The minimum Gasteiger partial charge on any atom is -0.296 e. The number of aryl methyl sites for hydroxylation is 1. The molecule has 2 nitrogen and oxygen atoms in total. The number of benzene rings is 7. The zero-order valence-corrected chi connectivity index (χ0v) is 22.7. The maximum absolute atomic E-state index is 9.88. The van der Waals surface area contributed by atoms with E-state index in [-0.39, 0.29) is 11.1 Å². The average Bonchev–Trinajstić information content (AvgIpc) is 3.63. The predicted molar refractivity (Wildman–Crippen MR) is 182 cm³/mol. The number of nitrogens with zero attached hydrogens (tertiary/aromatic N) is 2. The monoisotopic (exact) mass is 567 g/mol. The molecule has 0 N–H and O–H groups in total. The molecule has 43 heavy (non-hydrogen) atoms. The minimum atomic E-state index is -0.815. The molecule has 8 aromatic rings. The Bertz CT molecular complexity index is 3150. The van der Waals surface area contributed by atoms with Crippen LogP contribution < -0.4 is 0 Å². The van der Waals surface area contributed by atoms with Crippen LogP contribution in [0.1, 0.15) is 36.1 Å². The van der Waals surface area contributed by atoms with Crippen LogP contribution in [0.2, 0.25) is 0 Å². The summed E-state index contributed by atoms with van der Waals surface area (Å²) in [6.07, 6.45) is 0.598. The quantitative estimate of drug-likeness (QED) is 0.189. The molecule has 0 radical (unpaired) electrons. The Morgan fingerprint density at radius 3 is 1.79 bits per heavy atom. The van der Waals surface area contributed by atoms with Crippen molar-refractivity contribution >= 4 is 32.6 Å². The van der Waals surface area contributed by atoms with Crippen molar-refractivity contribution in [2.45, 2.75) is 13.3 Å². The molecule has 0 aliphatic heterocycles. The second-order valence-corrected chi connectivity index (χ2v) is 9.75. The van der Waals surface area contributed by atoms with Crippen LogP contribution in [0.4, 0.5) is 0 Å². The van der Waals surface area contributed by atoms with Gasteiger partial charge in [0.05, 0.1) is 34.3 Å². The lowest BCUT2D eigenvalue weighted by molar-refractivity contribution is 0.908. The van der Waals surface area contributed by atoms with Crippen molar-refractivity contribution in [3.05, 3.63) is 157 Å². The largest absolute Gasteiger partial charge is 0.296 e. The third kappa shape index (κ3) is 4.23. The molecule has 0 saturated carbocycles. The first-order valence-corrected chi connectivity index (χ1v) is 13.6. The summed E-state index contributed by atoms with van der Waals surface area (Å²) in [7, 11) is 0. The van der Waals surface area contributed by atoms with Gasteiger partial charge in [-0.25, -0.2) is 4.98 Å². The molecule has 1 aromatic heterocycles. The zero-order chi connectivity index (χ0) is 43.5. The molecule has 8 rings (SSSR count). The summed E-state index contributed by atoms with van der Waals surface area (Å²) < 4.78 is 153. The van der Waals surface area contributed by atoms with Crippen molar-refractivity contribution in [1.82, 2.24) is 9.55 Å². The zero-order valence-electron chi connectivity index (χ0n) is 39.7. The first-order valence-electron chi connectivity index (χ1n) is 22.1. The van der Waals surface area contributed by atoms with Gasteiger partial charge in [0.2, 0.25) is 0 Å². The van der Waals surface area contributed by atoms with Crippen molar-refractivity contribution in [1.29, 1.82) is 0 Å². The summed E-state index contributed by atoms with van der Waals surface area (Å²) in [5.41, 5.74) is 0.306. The molecule has 0 bridgehead atoms. The van der Waals surface area contributed by atoms with Crippen molar-refractivity contribution < 1.29 is 23.3 Å². The van der Waals surface area contributed by atoms with Crippen LogP contribution in [-0.2, 0) is 6.42 Å². The number of para-hydroxylation sites is 2. The second kappa shape index (κ2) is 10.4. The normalized spacial score (nSPS) is 17.0. The molecule has 2 heteroatoms. The highest BCUT2D eigenvalue weighted by Crippen LogP contribution is 2.44. The van der Waals surface area contributed by atoms with Crippen molar-refractivity contribution in [2.24, 2.45) is 0 Å².